The van der Waals surface area contributed by atoms with E-state index in [0.29, 0.717) is 33.6 Å². The summed E-state index contributed by atoms with van der Waals surface area (Å²) in [6.45, 7) is 23.2. The topological polar surface area (TPSA) is 82.1 Å². The molecule has 2 aliphatic heterocycles. The maximum Gasteiger partial charge on any atom is 0.345 e. The first-order valence-electron chi connectivity index (χ1n) is 21.4. The van der Waals surface area contributed by atoms with E-state index in [1.165, 1.54) is 26.2 Å². The van der Waals surface area contributed by atoms with Gasteiger partial charge >= 0.3 is 11.3 Å². The molecule has 318 valence electrons. The molecule has 7 heterocycles. The second-order valence-corrected chi connectivity index (χ2v) is 23.4. The first kappa shape index (κ1) is 40.9. The molecule has 0 atom stereocenters. The van der Waals surface area contributed by atoms with Crippen molar-refractivity contribution in [3.05, 3.63) is 111 Å². The van der Waals surface area contributed by atoms with E-state index >= 15 is 0 Å². The summed E-state index contributed by atoms with van der Waals surface area (Å²) in [6, 6.07) is 26.6. The molecule has 0 saturated heterocycles. The maximum atomic E-state index is 13.8. The highest BCUT2D eigenvalue weighted by atomic mass is 32.1. The molecule has 0 amide bonds. The Morgan fingerprint density at radius 1 is 0.629 bits per heavy atom. The highest BCUT2D eigenvalue weighted by Gasteiger charge is 2.42. The van der Waals surface area contributed by atoms with E-state index in [1.54, 1.807) is 40.1 Å². The van der Waals surface area contributed by atoms with Gasteiger partial charge in [0.25, 0.3) is 0 Å². The molecule has 0 bridgehead atoms. The third-order valence-electron chi connectivity index (χ3n) is 12.1. The fourth-order valence-corrected chi connectivity index (χ4v) is 12.6. The molecule has 0 radical (unpaired) electrons. The predicted molar refractivity (Wildman–Crippen MR) is 260 cm³/mol. The molecule has 0 saturated carbocycles. The lowest BCUT2D eigenvalue weighted by Gasteiger charge is -2.48. The lowest BCUT2D eigenvalue weighted by atomic mass is 9.69. The third kappa shape index (κ3) is 7.27. The van der Waals surface area contributed by atoms with Crippen molar-refractivity contribution in [2.24, 2.45) is 0 Å². The molecule has 0 unspecified atom stereocenters. The quantitative estimate of drug-likeness (QED) is 0.154. The zero-order valence-electron chi connectivity index (χ0n) is 37.0. The fraction of sp³-hybridized carbons (Fsp3) is 0.346. The standard InChI is InChI=1S/C52H51NO6S3/c1-49(2,3)58-31-23-36-33(37(24-31)59-50(4,5)6)25-32(47(54)56-36)28-12-11-13-29(20-28)40-26-42-43(61-40)27-41(62-42)39-15-14-38(60-39)34-21-30-22-35-45-44(46(30)57-48(34)55)52(9,10)17-19-53(45)18-16-51(35,7)8/h11-15,20-27H,16-19H2,1-10H3. The minimum absolute atomic E-state index is 0.0384. The number of anilines is 1. The van der Waals surface area contributed by atoms with Gasteiger partial charge in [0.2, 0.25) is 0 Å². The van der Waals surface area contributed by atoms with Gasteiger partial charge in [0.15, 0.2) is 0 Å². The van der Waals surface area contributed by atoms with Crippen molar-refractivity contribution in [2.45, 2.75) is 104 Å². The summed E-state index contributed by atoms with van der Waals surface area (Å²) in [5.74, 6) is 1.17. The van der Waals surface area contributed by atoms with Crippen LogP contribution in [-0.2, 0) is 10.8 Å². The zero-order chi connectivity index (χ0) is 43.7. The molecular formula is C52H51NO6S3. The van der Waals surface area contributed by atoms with Gasteiger partial charge in [0.05, 0.1) is 16.5 Å². The van der Waals surface area contributed by atoms with Gasteiger partial charge < -0.3 is 23.2 Å². The molecule has 0 spiro atoms. The second-order valence-electron chi connectivity index (χ2n) is 20.2. The highest BCUT2D eigenvalue weighted by molar-refractivity contribution is 7.32. The molecule has 0 aliphatic carbocycles. The number of fused-ring (bicyclic) bond motifs is 4. The molecule has 0 fully saturated rings. The Hall–Kier alpha value is -5.16. The number of rotatable bonds is 6. The van der Waals surface area contributed by atoms with Crippen LogP contribution in [0, 0.1) is 0 Å². The van der Waals surface area contributed by atoms with E-state index in [0.717, 1.165) is 67.5 Å². The number of ether oxygens (including phenoxy) is 2. The van der Waals surface area contributed by atoms with Crippen LogP contribution in [0.1, 0.15) is 93.2 Å². The van der Waals surface area contributed by atoms with Crippen molar-refractivity contribution in [1.29, 1.82) is 0 Å². The summed E-state index contributed by atoms with van der Waals surface area (Å²) in [6.07, 6.45) is 2.13. The molecule has 62 heavy (non-hydrogen) atoms. The molecule has 10 rings (SSSR count). The largest absolute Gasteiger partial charge is 0.488 e. The van der Waals surface area contributed by atoms with Crippen LogP contribution in [-0.4, -0.2) is 24.3 Å². The van der Waals surface area contributed by atoms with E-state index in [4.69, 9.17) is 18.3 Å². The van der Waals surface area contributed by atoms with Crippen LogP contribution in [0.25, 0.3) is 73.1 Å². The first-order valence-corrected chi connectivity index (χ1v) is 23.8. The van der Waals surface area contributed by atoms with Gasteiger partial charge in [0.1, 0.15) is 33.9 Å². The van der Waals surface area contributed by atoms with Crippen molar-refractivity contribution >= 4 is 71.0 Å². The summed E-state index contributed by atoms with van der Waals surface area (Å²) in [4.78, 5) is 34.2. The monoisotopic (exact) mass is 881 g/mol. The van der Waals surface area contributed by atoms with Gasteiger partial charge in [-0.1, -0.05) is 45.9 Å². The molecule has 0 N–H and O–H groups in total. The summed E-state index contributed by atoms with van der Waals surface area (Å²) >= 11 is 5.11. The smallest absolute Gasteiger partial charge is 0.345 e. The Labute approximate surface area is 373 Å². The highest BCUT2D eigenvalue weighted by Crippen LogP contribution is 2.52. The maximum absolute atomic E-state index is 13.8. The molecule has 3 aromatic carbocycles. The first-order chi connectivity index (χ1) is 29.2. The lowest BCUT2D eigenvalue weighted by molar-refractivity contribution is 0.122. The van der Waals surface area contributed by atoms with E-state index in [1.807, 2.05) is 65.8 Å². The molecular weight excluding hydrogens is 831 g/mol. The molecule has 7 nitrogen and oxygen atoms in total. The minimum atomic E-state index is -0.483. The number of benzene rings is 3. The number of hydrogen-bond donors (Lipinski definition) is 0. The van der Waals surface area contributed by atoms with Crippen LogP contribution in [0.15, 0.2) is 97.3 Å². The molecule has 10 heteroatoms. The van der Waals surface area contributed by atoms with Crippen LogP contribution in [0.4, 0.5) is 5.69 Å². The Bertz CT molecular complexity index is 3200. The lowest BCUT2D eigenvalue weighted by Crippen LogP contribution is -2.44. The van der Waals surface area contributed by atoms with E-state index < -0.39 is 16.8 Å². The van der Waals surface area contributed by atoms with Gasteiger partial charge in [-0.2, -0.15) is 0 Å². The Morgan fingerprint density at radius 2 is 1.29 bits per heavy atom. The Balaban J connectivity index is 0.958. The molecule has 8 aromatic rings. The Kier molecular flexibility index (Phi) is 9.35. The van der Waals surface area contributed by atoms with E-state index in [9.17, 15) is 9.59 Å². The fourth-order valence-electron chi connectivity index (χ4n) is 9.07. The SMILES string of the molecule is CC(C)(C)Oc1cc(OC(C)(C)C)c2cc(-c3cccc(-c4cc5sc(-c6ccc(-c7cc8cc9c%10c(c8oc7=O)C(C)(C)CCN%10CCC9(C)C)s6)cc5s4)c3)c(=O)oc2c1. The third-order valence-corrected chi connectivity index (χ3v) is 15.8. The van der Waals surface area contributed by atoms with Crippen molar-refractivity contribution in [1.82, 2.24) is 0 Å². The zero-order valence-corrected chi connectivity index (χ0v) is 39.4. The van der Waals surface area contributed by atoms with Gasteiger partial charge in [-0.25, -0.2) is 9.59 Å². The second kappa shape index (κ2) is 14.2. The van der Waals surface area contributed by atoms with Crippen molar-refractivity contribution in [3.63, 3.8) is 0 Å². The van der Waals surface area contributed by atoms with E-state index in [2.05, 4.69) is 81.1 Å². The number of nitrogens with zero attached hydrogens (tertiary/aromatic N) is 1. The van der Waals surface area contributed by atoms with E-state index in [-0.39, 0.29) is 16.5 Å². The summed E-state index contributed by atoms with van der Waals surface area (Å²) in [5, 5.41) is 1.71. The van der Waals surface area contributed by atoms with Crippen molar-refractivity contribution < 1.29 is 18.3 Å². The van der Waals surface area contributed by atoms with Crippen molar-refractivity contribution in [3.8, 4) is 53.3 Å². The predicted octanol–water partition coefficient (Wildman–Crippen LogP) is 14.4. The molecule has 5 aromatic heterocycles. The van der Waals surface area contributed by atoms with Crippen LogP contribution < -0.4 is 25.6 Å². The number of thiophene rings is 3. The van der Waals surface area contributed by atoms with Gasteiger partial charge in [0, 0.05) is 70.8 Å². The van der Waals surface area contributed by atoms with Crippen LogP contribution in [0.2, 0.25) is 0 Å². The van der Waals surface area contributed by atoms with Gasteiger partial charge in [-0.15, -0.1) is 34.0 Å². The number of hydrogen-bond acceptors (Lipinski definition) is 10. The van der Waals surface area contributed by atoms with Crippen LogP contribution in [0.5, 0.6) is 11.5 Å². The summed E-state index contributed by atoms with van der Waals surface area (Å²) in [5.41, 5.74) is 6.15. The minimum Gasteiger partial charge on any atom is -0.488 e. The Morgan fingerprint density at radius 3 is 2.03 bits per heavy atom. The summed E-state index contributed by atoms with van der Waals surface area (Å²) < 4.78 is 27.2. The normalized spacial score (nSPS) is 16.0. The van der Waals surface area contributed by atoms with Crippen LogP contribution in [0.3, 0.4) is 0 Å². The average molecular weight is 882 g/mol. The van der Waals surface area contributed by atoms with Gasteiger partial charge in [-0.3, -0.25) is 0 Å². The van der Waals surface area contributed by atoms with Crippen LogP contribution >= 0.6 is 34.0 Å². The van der Waals surface area contributed by atoms with Crippen molar-refractivity contribution in [2.75, 3.05) is 18.0 Å². The van der Waals surface area contributed by atoms with Gasteiger partial charge in [-0.05, 0) is 130 Å². The summed E-state index contributed by atoms with van der Waals surface area (Å²) in [7, 11) is 0. The molecule has 2 aliphatic rings. The average Bonchev–Trinajstić information content (AvgIpc) is 3.92.